The highest BCUT2D eigenvalue weighted by atomic mass is 14.9. The zero-order valence-corrected chi connectivity index (χ0v) is 38.7. The van der Waals surface area contributed by atoms with Crippen molar-refractivity contribution in [2.75, 3.05) is 0 Å². The van der Waals surface area contributed by atoms with Gasteiger partial charge in [0, 0.05) is 89.4 Å². The van der Waals surface area contributed by atoms with E-state index in [1.807, 2.05) is 116 Å². The maximum absolute atomic E-state index is 5.07. The molecule has 0 amide bonds. The Bertz CT molecular complexity index is 3670. The maximum atomic E-state index is 5.07. The summed E-state index contributed by atoms with van der Waals surface area (Å²) in [5.41, 5.74) is 19.7. The molecule has 8 heterocycles. The van der Waals surface area contributed by atoms with Gasteiger partial charge in [-0.2, -0.15) is 0 Å². The van der Waals surface area contributed by atoms with Crippen LogP contribution in [0, 0.1) is 0 Å². The van der Waals surface area contributed by atoms with Gasteiger partial charge in [0.15, 0.2) is 0 Å². The van der Waals surface area contributed by atoms with Crippen LogP contribution in [-0.4, -0.2) is 44.9 Å². The predicted molar refractivity (Wildman–Crippen MR) is 289 cm³/mol. The first-order chi connectivity index (χ1) is 35.7. The van der Waals surface area contributed by atoms with E-state index in [1.165, 1.54) is 0 Å². The van der Waals surface area contributed by atoms with Gasteiger partial charge < -0.3 is 0 Å². The third-order valence-corrected chi connectivity index (χ3v) is 12.6. The van der Waals surface area contributed by atoms with Gasteiger partial charge in [-0.05, 0) is 153 Å². The van der Waals surface area contributed by atoms with Crippen molar-refractivity contribution in [2.45, 2.75) is 0 Å². The van der Waals surface area contributed by atoms with E-state index in [0.717, 1.165) is 111 Å². The highest BCUT2D eigenvalue weighted by Crippen LogP contribution is 2.38. The zero-order valence-electron chi connectivity index (χ0n) is 38.7. The van der Waals surface area contributed by atoms with E-state index in [1.54, 1.807) is 24.8 Å². The minimum atomic E-state index is 0.690. The van der Waals surface area contributed by atoms with Crippen molar-refractivity contribution in [3.63, 3.8) is 0 Å². The molecule has 9 nitrogen and oxygen atoms in total. The summed E-state index contributed by atoms with van der Waals surface area (Å²) in [6.45, 7) is 0. The summed E-state index contributed by atoms with van der Waals surface area (Å²) in [6, 6.07) is 64.5. The van der Waals surface area contributed by atoms with Crippen LogP contribution in [0.1, 0.15) is 0 Å². The molecule has 0 saturated carbocycles. The number of pyridine rings is 7. The van der Waals surface area contributed by atoms with Crippen LogP contribution in [-0.2, 0) is 0 Å². The van der Waals surface area contributed by atoms with Crippen LogP contribution in [0.25, 0.3) is 122 Å². The molecule has 0 N–H and O–H groups in total. The molecule has 0 atom stereocenters. The Labute approximate surface area is 415 Å². The molecule has 0 bridgehead atoms. The Morgan fingerprint density at radius 1 is 0.222 bits per heavy atom. The number of hydrogen-bond donors (Lipinski definition) is 0. The van der Waals surface area contributed by atoms with Crippen molar-refractivity contribution in [1.82, 2.24) is 44.9 Å². The third kappa shape index (κ3) is 8.81. The first-order valence-corrected chi connectivity index (χ1v) is 23.5. The molecule has 0 fully saturated rings. The van der Waals surface area contributed by atoms with E-state index in [2.05, 4.69) is 144 Å². The Kier molecular flexibility index (Phi) is 11.8. The van der Waals surface area contributed by atoms with Crippen molar-refractivity contribution in [2.24, 2.45) is 0 Å². The first-order valence-electron chi connectivity index (χ1n) is 23.5. The fraction of sp³-hybridized carbons (Fsp3) is 0. The molecule has 0 spiro atoms. The van der Waals surface area contributed by atoms with Crippen LogP contribution in [0.3, 0.4) is 0 Å². The van der Waals surface area contributed by atoms with Crippen molar-refractivity contribution in [3.05, 3.63) is 250 Å². The molecular weight excluding hydrogens is 883 g/mol. The second-order valence-electron chi connectivity index (χ2n) is 17.1. The van der Waals surface area contributed by atoms with Crippen LogP contribution in [0.5, 0.6) is 0 Å². The van der Waals surface area contributed by atoms with E-state index in [-0.39, 0.29) is 0 Å². The normalized spacial score (nSPS) is 11.1. The lowest BCUT2D eigenvalue weighted by molar-refractivity contribution is 1.21. The number of hydrogen-bond acceptors (Lipinski definition) is 9. The lowest BCUT2D eigenvalue weighted by atomic mass is 9.91. The zero-order chi connectivity index (χ0) is 48.1. The summed E-state index contributed by atoms with van der Waals surface area (Å²) >= 11 is 0. The van der Waals surface area contributed by atoms with Gasteiger partial charge in [-0.3, -0.25) is 34.9 Å². The van der Waals surface area contributed by atoms with Crippen LogP contribution in [0.15, 0.2) is 250 Å². The number of benzene rings is 5. The van der Waals surface area contributed by atoms with Gasteiger partial charge in [0.1, 0.15) is 11.4 Å². The SMILES string of the molecule is c1ccc(-c2nc3c4cccnc4c4ncccc4c3nc2-c2ccccn2)nc1.c1cncc(-c2cccc(-c3cc(-c4cccc(-c5cccnc5)c4)cc(-c4cccc(-c5cccnc5)c4)c3)c2)c1. The number of nitrogens with zero attached hydrogens (tertiary/aromatic N) is 9. The molecule has 13 rings (SSSR count). The molecule has 5 aromatic carbocycles. The Morgan fingerprint density at radius 3 is 0.875 bits per heavy atom. The van der Waals surface area contributed by atoms with Crippen molar-refractivity contribution in [3.8, 4) is 89.5 Å². The largest absolute Gasteiger partial charge is 0.264 e. The summed E-state index contributed by atoms with van der Waals surface area (Å²) in [7, 11) is 0. The minimum absolute atomic E-state index is 0.690. The van der Waals surface area contributed by atoms with Crippen molar-refractivity contribution >= 4 is 32.8 Å². The highest BCUT2D eigenvalue weighted by Gasteiger charge is 2.20. The average molecular weight is 924 g/mol. The standard InChI is InChI=1S/C39H27N3.C24H14N6/c1-7-28(34-13-4-16-40-25-34)19-31(10-1)37-22-38(32-11-2-8-29(20-32)35-14-5-17-41-26-35)24-39(23-37)33-12-3-9-30(21-33)36-15-6-18-42-27-36;1-3-11-25-17(9-1)23-24(18-10-2-4-12-26-18)30-22-16-8-6-14-28-20(16)19-15(21(22)29-23)7-5-13-27-19/h1-27H;1-14H. The lowest BCUT2D eigenvalue weighted by Crippen LogP contribution is -2.00. The Hall–Kier alpha value is -9.99. The topological polar surface area (TPSA) is 116 Å². The third-order valence-electron chi connectivity index (χ3n) is 12.6. The van der Waals surface area contributed by atoms with Gasteiger partial charge >= 0.3 is 0 Å². The molecule has 9 heteroatoms. The Morgan fingerprint density at radius 2 is 0.542 bits per heavy atom. The van der Waals surface area contributed by atoms with E-state index in [0.29, 0.717) is 11.4 Å². The fourth-order valence-electron chi connectivity index (χ4n) is 9.11. The monoisotopic (exact) mass is 923 g/mol. The molecule has 72 heavy (non-hydrogen) atoms. The quantitative estimate of drug-likeness (QED) is 0.137. The minimum Gasteiger partial charge on any atom is -0.264 e. The van der Waals surface area contributed by atoms with Crippen LogP contribution in [0.4, 0.5) is 0 Å². The molecule has 0 aliphatic heterocycles. The number of rotatable bonds is 8. The van der Waals surface area contributed by atoms with Gasteiger partial charge in [0.05, 0.1) is 33.5 Å². The second kappa shape index (κ2) is 19.6. The molecule has 0 radical (unpaired) electrons. The molecule has 0 aliphatic carbocycles. The van der Waals surface area contributed by atoms with Crippen LogP contribution in [0.2, 0.25) is 0 Å². The van der Waals surface area contributed by atoms with E-state index in [9.17, 15) is 0 Å². The molecule has 0 unspecified atom stereocenters. The van der Waals surface area contributed by atoms with Crippen LogP contribution >= 0.6 is 0 Å². The van der Waals surface area contributed by atoms with Gasteiger partial charge in [-0.1, -0.05) is 84.9 Å². The van der Waals surface area contributed by atoms with Crippen LogP contribution < -0.4 is 0 Å². The summed E-state index contributed by atoms with van der Waals surface area (Å²) in [6.07, 6.45) is 18.2. The summed E-state index contributed by atoms with van der Waals surface area (Å²) in [5.74, 6) is 0. The molecule has 0 saturated heterocycles. The molecule has 8 aromatic heterocycles. The van der Waals surface area contributed by atoms with Gasteiger partial charge in [0.2, 0.25) is 0 Å². The summed E-state index contributed by atoms with van der Waals surface area (Å²) < 4.78 is 0. The van der Waals surface area contributed by atoms with E-state index in [4.69, 9.17) is 9.97 Å². The summed E-state index contributed by atoms with van der Waals surface area (Å²) in [5, 5.41) is 1.83. The Balaban J connectivity index is 0.000000155. The number of aromatic nitrogens is 9. The average Bonchev–Trinajstić information content (AvgIpc) is 3.48. The van der Waals surface area contributed by atoms with E-state index < -0.39 is 0 Å². The van der Waals surface area contributed by atoms with Gasteiger partial charge in [-0.25, -0.2) is 9.97 Å². The van der Waals surface area contributed by atoms with Crippen molar-refractivity contribution in [1.29, 1.82) is 0 Å². The fourth-order valence-corrected chi connectivity index (χ4v) is 9.11. The lowest BCUT2D eigenvalue weighted by Gasteiger charge is -2.14. The maximum Gasteiger partial charge on any atom is 0.117 e. The highest BCUT2D eigenvalue weighted by molar-refractivity contribution is 6.21. The van der Waals surface area contributed by atoms with Gasteiger partial charge in [-0.15, -0.1) is 0 Å². The second-order valence-corrected chi connectivity index (χ2v) is 17.1. The van der Waals surface area contributed by atoms with Crippen molar-refractivity contribution < 1.29 is 0 Å². The van der Waals surface area contributed by atoms with Gasteiger partial charge in [0.25, 0.3) is 0 Å². The van der Waals surface area contributed by atoms with E-state index >= 15 is 0 Å². The molecule has 338 valence electrons. The summed E-state index contributed by atoms with van der Waals surface area (Å²) in [4.78, 5) is 41.3. The molecular formula is C63H41N9. The smallest absolute Gasteiger partial charge is 0.117 e. The number of fused-ring (bicyclic) bond motifs is 6. The molecule has 13 aromatic rings. The first kappa shape index (κ1) is 43.3. The predicted octanol–water partition coefficient (Wildman–Crippen LogP) is 14.7. The molecule has 0 aliphatic rings.